The van der Waals surface area contributed by atoms with Gasteiger partial charge in [-0.15, -0.1) is 0 Å². The van der Waals surface area contributed by atoms with Gasteiger partial charge < -0.3 is 5.73 Å². The Bertz CT molecular complexity index is 534. The number of rotatable bonds is 6. The van der Waals surface area contributed by atoms with Crippen LogP contribution in [0, 0.1) is 0 Å². The Balaban J connectivity index is 2.09. The third-order valence-electron chi connectivity index (χ3n) is 3.73. The maximum atomic E-state index is 12.2. The van der Waals surface area contributed by atoms with Gasteiger partial charge >= 0.3 is 0 Å². The normalized spacial score (nSPS) is 18.0. The van der Waals surface area contributed by atoms with E-state index in [2.05, 4.69) is 4.72 Å². The summed E-state index contributed by atoms with van der Waals surface area (Å²) in [5.41, 5.74) is 6.36. The molecule has 1 aliphatic rings. The van der Waals surface area contributed by atoms with E-state index in [1.54, 1.807) is 30.0 Å². The van der Waals surface area contributed by atoms with Crippen LogP contribution in [-0.2, 0) is 16.6 Å². The lowest BCUT2D eigenvalue weighted by Gasteiger charge is -2.40. The van der Waals surface area contributed by atoms with Gasteiger partial charge in [0.15, 0.2) is 0 Å². The molecule has 0 radical (unpaired) electrons. The number of thioether (sulfide) groups is 1. The first-order valence-electron chi connectivity index (χ1n) is 6.35. The van der Waals surface area contributed by atoms with Gasteiger partial charge in [-0.1, -0.05) is 18.6 Å². The predicted octanol–water partition coefficient (Wildman–Crippen LogP) is 1.71. The monoisotopic (exact) mass is 300 g/mol. The molecule has 0 aliphatic heterocycles. The first-order valence-corrected chi connectivity index (χ1v) is 9.06. The third kappa shape index (κ3) is 3.31. The number of nitrogens with two attached hydrogens (primary N) is 1. The quantitative estimate of drug-likeness (QED) is 0.839. The lowest BCUT2D eigenvalue weighted by molar-refractivity contribution is 0.362. The second kappa shape index (κ2) is 5.83. The maximum Gasteiger partial charge on any atom is 0.240 e. The molecule has 4 nitrogen and oxygen atoms in total. The van der Waals surface area contributed by atoms with Crippen LogP contribution in [-0.4, -0.2) is 26.0 Å². The number of hydrogen-bond donors (Lipinski definition) is 2. The molecule has 1 aromatic rings. The smallest absolute Gasteiger partial charge is 0.240 e. The fourth-order valence-electron chi connectivity index (χ4n) is 2.17. The van der Waals surface area contributed by atoms with Gasteiger partial charge in [-0.2, -0.15) is 11.8 Å². The van der Waals surface area contributed by atoms with Gasteiger partial charge in [0.2, 0.25) is 10.0 Å². The van der Waals surface area contributed by atoms with E-state index in [0.717, 1.165) is 18.4 Å². The Morgan fingerprint density at radius 2 is 2.16 bits per heavy atom. The van der Waals surface area contributed by atoms with Crippen molar-refractivity contribution in [1.82, 2.24) is 4.72 Å². The van der Waals surface area contributed by atoms with E-state index in [4.69, 9.17) is 5.73 Å². The van der Waals surface area contributed by atoms with Crippen molar-refractivity contribution < 1.29 is 8.42 Å². The van der Waals surface area contributed by atoms with Gasteiger partial charge in [0.25, 0.3) is 0 Å². The van der Waals surface area contributed by atoms with Crippen molar-refractivity contribution in [3.05, 3.63) is 29.8 Å². The van der Waals surface area contributed by atoms with Crippen LogP contribution in [0.2, 0.25) is 0 Å². The van der Waals surface area contributed by atoms with Crippen molar-refractivity contribution in [1.29, 1.82) is 0 Å². The predicted molar refractivity (Wildman–Crippen MR) is 79.6 cm³/mol. The van der Waals surface area contributed by atoms with E-state index in [9.17, 15) is 8.42 Å². The number of benzene rings is 1. The van der Waals surface area contributed by atoms with Crippen LogP contribution in [0.1, 0.15) is 24.8 Å². The third-order valence-corrected chi connectivity index (χ3v) is 6.54. The van der Waals surface area contributed by atoms with E-state index >= 15 is 0 Å². The molecular formula is C13H20N2O2S2. The summed E-state index contributed by atoms with van der Waals surface area (Å²) in [6, 6.07) is 6.79. The number of hydrogen-bond acceptors (Lipinski definition) is 4. The molecule has 0 bridgehead atoms. The molecule has 3 N–H and O–H groups in total. The highest BCUT2D eigenvalue weighted by molar-refractivity contribution is 8.00. The molecule has 106 valence electrons. The molecule has 1 fully saturated rings. The van der Waals surface area contributed by atoms with E-state index in [0.29, 0.717) is 18.0 Å². The molecule has 6 heteroatoms. The Morgan fingerprint density at radius 1 is 1.42 bits per heavy atom. The van der Waals surface area contributed by atoms with Crippen LogP contribution >= 0.6 is 11.8 Å². The highest BCUT2D eigenvalue weighted by Crippen LogP contribution is 2.42. The molecule has 19 heavy (non-hydrogen) atoms. The Kier molecular flexibility index (Phi) is 4.55. The fourth-order valence-corrected chi connectivity index (χ4v) is 4.38. The lowest BCUT2D eigenvalue weighted by atomic mass is 9.84. The Hall–Kier alpha value is -0.560. The Labute approximate surface area is 119 Å². The summed E-state index contributed by atoms with van der Waals surface area (Å²) in [6.07, 6.45) is 5.40. The van der Waals surface area contributed by atoms with Crippen LogP contribution in [0.3, 0.4) is 0 Å². The molecule has 1 aliphatic carbocycles. The van der Waals surface area contributed by atoms with Gasteiger partial charge in [0.05, 0.1) is 4.90 Å². The minimum absolute atomic E-state index is 0.0958. The average Bonchev–Trinajstić information content (AvgIpc) is 2.38. The first kappa shape index (κ1) is 14.8. The van der Waals surface area contributed by atoms with E-state index < -0.39 is 10.0 Å². The summed E-state index contributed by atoms with van der Waals surface area (Å²) in [4.78, 5) is 0.297. The zero-order chi connectivity index (χ0) is 13.9. The zero-order valence-corrected chi connectivity index (χ0v) is 12.7. The molecule has 0 unspecified atom stereocenters. The maximum absolute atomic E-state index is 12.2. The SMILES string of the molecule is CSC1(CNS(=O)(=O)c2cccc(CN)c2)CCC1. The van der Waals surface area contributed by atoms with Crippen molar-refractivity contribution in [3.8, 4) is 0 Å². The van der Waals surface area contributed by atoms with Crippen molar-refractivity contribution in [3.63, 3.8) is 0 Å². The molecule has 0 aromatic heterocycles. The van der Waals surface area contributed by atoms with Crippen molar-refractivity contribution in [2.24, 2.45) is 5.73 Å². The highest BCUT2D eigenvalue weighted by atomic mass is 32.2. The topological polar surface area (TPSA) is 72.2 Å². The van der Waals surface area contributed by atoms with E-state index in [-0.39, 0.29) is 4.75 Å². The Morgan fingerprint density at radius 3 is 2.68 bits per heavy atom. The largest absolute Gasteiger partial charge is 0.326 e. The number of sulfonamides is 1. The van der Waals surface area contributed by atoms with Gasteiger partial charge in [0, 0.05) is 17.8 Å². The molecular weight excluding hydrogens is 280 g/mol. The minimum atomic E-state index is -3.43. The van der Waals surface area contributed by atoms with Crippen LogP contribution in [0.15, 0.2) is 29.2 Å². The summed E-state index contributed by atoms with van der Waals surface area (Å²) >= 11 is 1.76. The van der Waals surface area contributed by atoms with Crippen LogP contribution in [0.4, 0.5) is 0 Å². The standard InChI is InChI=1S/C13H20N2O2S2/c1-18-13(6-3-7-13)10-15-19(16,17)12-5-2-4-11(8-12)9-14/h2,4-5,8,15H,3,6-7,9-10,14H2,1H3. The molecule has 0 heterocycles. The summed E-state index contributed by atoms with van der Waals surface area (Å²) in [6.45, 7) is 0.849. The molecule has 0 amide bonds. The molecule has 2 rings (SSSR count). The van der Waals surface area contributed by atoms with Crippen LogP contribution in [0.5, 0.6) is 0 Å². The first-order chi connectivity index (χ1) is 9.01. The minimum Gasteiger partial charge on any atom is -0.326 e. The van der Waals surface area contributed by atoms with E-state index in [1.807, 2.05) is 12.3 Å². The zero-order valence-electron chi connectivity index (χ0n) is 11.1. The molecule has 0 spiro atoms. The molecule has 1 saturated carbocycles. The van der Waals surface area contributed by atoms with E-state index in [1.165, 1.54) is 6.42 Å². The van der Waals surface area contributed by atoms with Gasteiger partial charge in [-0.3, -0.25) is 0 Å². The second-order valence-electron chi connectivity index (χ2n) is 4.92. The lowest BCUT2D eigenvalue weighted by Crippen LogP contribution is -2.45. The summed E-state index contributed by atoms with van der Waals surface area (Å²) in [7, 11) is -3.43. The van der Waals surface area contributed by atoms with Crippen LogP contribution in [0.25, 0.3) is 0 Å². The molecule has 0 atom stereocenters. The van der Waals surface area contributed by atoms with Crippen molar-refractivity contribution in [2.75, 3.05) is 12.8 Å². The van der Waals surface area contributed by atoms with Crippen molar-refractivity contribution >= 4 is 21.8 Å². The molecule has 1 aromatic carbocycles. The van der Waals surface area contributed by atoms with Gasteiger partial charge in [0.1, 0.15) is 0 Å². The van der Waals surface area contributed by atoms with Crippen molar-refractivity contribution in [2.45, 2.75) is 35.4 Å². The van der Waals surface area contributed by atoms with Gasteiger partial charge in [-0.05, 0) is 36.8 Å². The van der Waals surface area contributed by atoms with Gasteiger partial charge in [-0.25, -0.2) is 13.1 Å². The molecule has 0 saturated heterocycles. The number of nitrogens with one attached hydrogen (secondary N) is 1. The summed E-state index contributed by atoms with van der Waals surface area (Å²) in [5.74, 6) is 0. The highest BCUT2D eigenvalue weighted by Gasteiger charge is 2.37. The fraction of sp³-hybridized carbons (Fsp3) is 0.538. The van der Waals surface area contributed by atoms with Crippen LogP contribution < -0.4 is 10.5 Å². The summed E-state index contributed by atoms with van der Waals surface area (Å²) < 4.78 is 27.3. The summed E-state index contributed by atoms with van der Waals surface area (Å²) in [5, 5.41) is 0. The second-order valence-corrected chi connectivity index (χ2v) is 7.96. The average molecular weight is 300 g/mol.